The molecule has 3 N–H and O–H groups in total. The first-order chi connectivity index (χ1) is 8.06. The van der Waals surface area contributed by atoms with E-state index in [9.17, 15) is 9.59 Å². The molecule has 1 aliphatic heterocycles. The normalized spacial score (nSPS) is 18.5. The van der Waals surface area contributed by atoms with Gasteiger partial charge in [-0.1, -0.05) is 6.07 Å². The van der Waals surface area contributed by atoms with E-state index in [4.69, 9.17) is 5.11 Å². The molecule has 0 bridgehead atoms. The molecule has 1 heterocycles. The summed E-state index contributed by atoms with van der Waals surface area (Å²) in [6.07, 6.45) is 0. The van der Waals surface area contributed by atoms with Crippen LogP contribution in [-0.4, -0.2) is 29.0 Å². The number of aromatic carboxylic acids is 1. The quantitative estimate of drug-likeness (QED) is 0.700. The van der Waals surface area contributed by atoms with Gasteiger partial charge >= 0.3 is 5.97 Å². The smallest absolute Gasteiger partial charge is 0.335 e. The van der Waals surface area contributed by atoms with Gasteiger partial charge in [0.1, 0.15) is 6.04 Å². The van der Waals surface area contributed by atoms with Crippen LogP contribution in [0.1, 0.15) is 17.3 Å². The molecule has 0 spiro atoms. The Labute approximate surface area is 97.4 Å². The Morgan fingerprint density at radius 2 is 2.29 bits per heavy atom. The highest BCUT2D eigenvalue weighted by atomic mass is 16.4. The molecule has 0 saturated heterocycles. The zero-order valence-corrected chi connectivity index (χ0v) is 9.10. The number of rotatable bonds is 2. The van der Waals surface area contributed by atoms with Gasteiger partial charge in [-0.3, -0.25) is 10.1 Å². The molecule has 0 saturated carbocycles. The summed E-state index contributed by atoms with van der Waals surface area (Å²) in [7, 11) is 0. The van der Waals surface area contributed by atoms with Crippen molar-refractivity contribution in [3.05, 3.63) is 29.8 Å². The van der Waals surface area contributed by atoms with Gasteiger partial charge in [0.15, 0.2) is 0 Å². The van der Waals surface area contributed by atoms with E-state index in [1.807, 2.05) is 0 Å². The standard InChI is InChI=1S/C11H11N3O3/c1-6-9(15)14-11(12-6)13-8-4-2-3-7(5-8)10(16)17/h2-6H,1H3,(H,16,17)(H2,12,13,14,15). The molecule has 1 aliphatic rings. The maximum Gasteiger partial charge on any atom is 0.335 e. The van der Waals surface area contributed by atoms with Gasteiger partial charge in [0.2, 0.25) is 5.96 Å². The first-order valence-electron chi connectivity index (χ1n) is 5.05. The summed E-state index contributed by atoms with van der Waals surface area (Å²) in [5.41, 5.74) is 0.742. The second-order valence-corrected chi connectivity index (χ2v) is 3.65. The lowest BCUT2D eigenvalue weighted by Gasteiger charge is -2.06. The summed E-state index contributed by atoms with van der Waals surface area (Å²) in [6.45, 7) is 1.68. The minimum Gasteiger partial charge on any atom is -0.478 e. The van der Waals surface area contributed by atoms with E-state index in [-0.39, 0.29) is 11.5 Å². The predicted octanol–water partition coefficient (Wildman–Crippen LogP) is 0.671. The van der Waals surface area contributed by atoms with E-state index in [2.05, 4.69) is 15.6 Å². The van der Waals surface area contributed by atoms with Gasteiger partial charge in [-0.05, 0) is 25.1 Å². The lowest BCUT2D eigenvalue weighted by atomic mass is 10.2. The van der Waals surface area contributed by atoms with Crippen LogP contribution in [0.2, 0.25) is 0 Å². The van der Waals surface area contributed by atoms with Gasteiger partial charge in [-0.25, -0.2) is 9.79 Å². The van der Waals surface area contributed by atoms with Gasteiger partial charge in [0.05, 0.1) is 5.56 Å². The average Bonchev–Trinajstić information content (AvgIpc) is 2.58. The molecule has 17 heavy (non-hydrogen) atoms. The van der Waals surface area contributed by atoms with E-state index < -0.39 is 12.0 Å². The highest BCUT2D eigenvalue weighted by molar-refractivity contribution is 6.10. The molecule has 1 amide bonds. The average molecular weight is 233 g/mol. The number of benzene rings is 1. The maximum absolute atomic E-state index is 11.2. The third-order valence-corrected chi connectivity index (χ3v) is 2.32. The highest BCUT2D eigenvalue weighted by Gasteiger charge is 2.21. The van der Waals surface area contributed by atoms with E-state index in [0.717, 1.165) is 0 Å². The lowest BCUT2D eigenvalue weighted by molar-refractivity contribution is -0.119. The van der Waals surface area contributed by atoms with E-state index >= 15 is 0 Å². The number of carboxylic acids is 1. The molecule has 6 heteroatoms. The fraction of sp³-hybridized carbons (Fsp3) is 0.182. The number of nitrogens with one attached hydrogen (secondary N) is 2. The van der Waals surface area contributed by atoms with Gasteiger partial charge in [0.25, 0.3) is 5.91 Å². The van der Waals surface area contributed by atoms with Crippen molar-refractivity contribution in [2.24, 2.45) is 4.99 Å². The second-order valence-electron chi connectivity index (χ2n) is 3.65. The van der Waals surface area contributed by atoms with Crippen LogP contribution in [0.3, 0.4) is 0 Å². The van der Waals surface area contributed by atoms with Crippen molar-refractivity contribution in [2.45, 2.75) is 13.0 Å². The van der Waals surface area contributed by atoms with Gasteiger partial charge in [-0.2, -0.15) is 0 Å². The van der Waals surface area contributed by atoms with E-state index in [1.165, 1.54) is 12.1 Å². The topological polar surface area (TPSA) is 90.8 Å². The summed E-state index contributed by atoms with van der Waals surface area (Å²) in [6, 6.07) is 5.86. The number of hydrogen-bond donors (Lipinski definition) is 3. The van der Waals surface area contributed by atoms with E-state index in [1.54, 1.807) is 19.1 Å². The largest absolute Gasteiger partial charge is 0.478 e. The maximum atomic E-state index is 11.2. The first-order valence-corrected chi connectivity index (χ1v) is 5.05. The van der Waals surface area contributed by atoms with Crippen LogP contribution in [0, 0.1) is 0 Å². The Balaban J connectivity index is 2.14. The Morgan fingerprint density at radius 1 is 1.53 bits per heavy atom. The van der Waals surface area contributed by atoms with Crippen LogP contribution in [0.25, 0.3) is 0 Å². The lowest BCUT2D eigenvalue weighted by Crippen LogP contribution is -2.31. The summed E-state index contributed by atoms with van der Waals surface area (Å²) in [5.74, 6) is -0.841. The van der Waals surface area contributed by atoms with Crippen molar-refractivity contribution in [1.82, 2.24) is 5.32 Å². The first kappa shape index (κ1) is 11.1. The molecule has 1 atom stereocenters. The van der Waals surface area contributed by atoms with Crippen LogP contribution < -0.4 is 10.6 Å². The van der Waals surface area contributed by atoms with Crippen molar-refractivity contribution < 1.29 is 14.7 Å². The molecule has 2 rings (SSSR count). The van der Waals surface area contributed by atoms with Crippen molar-refractivity contribution in [3.63, 3.8) is 0 Å². The number of guanidine groups is 1. The molecule has 88 valence electrons. The van der Waals surface area contributed by atoms with Crippen molar-refractivity contribution in [1.29, 1.82) is 0 Å². The third-order valence-electron chi connectivity index (χ3n) is 2.32. The summed E-state index contributed by atoms with van der Waals surface area (Å²) >= 11 is 0. The molecule has 1 aromatic rings. The highest BCUT2D eigenvalue weighted by Crippen LogP contribution is 2.11. The van der Waals surface area contributed by atoms with E-state index in [0.29, 0.717) is 11.6 Å². The summed E-state index contributed by atoms with van der Waals surface area (Å²) in [4.78, 5) is 26.0. The van der Waals surface area contributed by atoms with Crippen LogP contribution >= 0.6 is 0 Å². The van der Waals surface area contributed by atoms with Crippen LogP contribution in [0.4, 0.5) is 5.69 Å². The molecule has 1 unspecified atom stereocenters. The van der Waals surface area contributed by atoms with Crippen LogP contribution in [-0.2, 0) is 4.79 Å². The second kappa shape index (κ2) is 4.25. The molecular weight excluding hydrogens is 222 g/mol. The number of amides is 1. The van der Waals surface area contributed by atoms with Crippen LogP contribution in [0.5, 0.6) is 0 Å². The zero-order chi connectivity index (χ0) is 12.4. The number of anilines is 1. The predicted molar refractivity (Wildman–Crippen MR) is 62.1 cm³/mol. The monoisotopic (exact) mass is 233 g/mol. The number of aliphatic imine (C=N–C) groups is 1. The van der Waals surface area contributed by atoms with Crippen molar-refractivity contribution >= 4 is 23.5 Å². The minimum absolute atomic E-state index is 0.174. The Hall–Kier alpha value is -2.37. The molecule has 1 aromatic carbocycles. The number of carboxylic acid groups (broad SMARTS) is 1. The fourth-order valence-corrected chi connectivity index (χ4v) is 1.44. The molecule has 0 fully saturated rings. The van der Waals surface area contributed by atoms with Gasteiger partial charge < -0.3 is 10.4 Å². The molecule has 0 aliphatic carbocycles. The number of hydrogen-bond acceptors (Lipinski definition) is 4. The minimum atomic E-state index is -1.00. The Morgan fingerprint density at radius 3 is 2.88 bits per heavy atom. The zero-order valence-electron chi connectivity index (χ0n) is 9.10. The number of carbonyl (C=O) groups is 2. The summed E-state index contributed by atoms with van der Waals surface area (Å²) in [5, 5.41) is 14.2. The van der Waals surface area contributed by atoms with Crippen molar-refractivity contribution in [3.8, 4) is 0 Å². The Bertz CT molecular complexity index is 510. The van der Waals surface area contributed by atoms with Crippen molar-refractivity contribution in [2.75, 3.05) is 5.32 Å². The van der Waals surface area contributed by atoms with Crippen LogP contribution in [0.15, 0.2) is 29.3 Å². The number of nitrogens with zero attached hydrogens (tertiary/aromatic N) is 1. The molecule has 0 radical (unpaired) electrons. The number of carbonyl (C=O) groups excluding carboxylic acids is 1. The molecule has 0 aromatic heterocycles. The SMILES string of the molecule is CC1N=C(Nc2cccc(C(=O)O)c2)NC1=O. The molecule has 6 nitrogen and oxygen atoms in total. The summed E-state index contributed by atoms with van der Waals surface area (Å²) < 4.78 is 0. The van der Waals surface area contributed by atoms with Gasteiger partial charge in [-0.15, -0.1) is 0 Å². The van der Waals surface area contributed by atoms with Gasteiger partial charge in [0, 0.05) is 5.69 Å². The molecular formula is C11H11N3O3. The third kappa shape index (κ3) is 2.41. The Kier molecular flexibility index (Phi) is 2.78. The fourth-order valence-electron chi connectivity index (χ4n) is 1.44.